The number of benzene rings is 2. The van der Waals surface area contributed by atoms with Crippen LogP contribution in [0.25, 0.3) is 21.2 Å². The molecule has 0 radical (unpaired) electrons. The predicted octanol–water partition coefficient (Wildman–Crippen LogP) is 8.09. The Morgan fingerprint density at radius 3 is 2.42 bits per heavy atom. The summed E-state index contributed by atoms with van der Waals surface area (Å²) in [5, 5.41) is 15.4. The predicted molar refractivity (Wildman–Crippen MR) is 168 cm³/mol. The molecule has 0 aliphatic heterocycles. The summed E-state index contributed by atoms with van der Waals surface area (Å²) in [4.78, 5) is 29.1. The average molecular weight is 640 g/mol. The van der Waals surface area contributed by atoms with Gasteiger partial charge in [-0.3, -0.25) is 5.41 Å². The number of thiophene rings is 1. The number of urea groups is 1. The fourth-order valence-electron chi connectivity index (χ4n) is 4.20. The number of nitrogens with two attached hydrogens (primary N) is 1. The van der Waals surface area contributed by atoms with Crippen LogP contribution < -0.4 is 16.4 Å². The number of pyridine rings is 1. The Hall–Kier alpha value is -4.96. The lowest BCUT2D eigenvalue weighted by Crippen LogP contribution is -2.31. The molecule has 0 saturated heterocycles. The van der Waals surface area contributed by atoms with Gasteiger partial charge in [-0.25, -0.2) is 19.0 Å². The molecule has 0 fully saturated rings. The van der Waals surface area contributed by atoms with Crippen molar-refractivity contribution in [2.45, 2.75) is 45.9 Å². The van der Waals surface area contributed by atoms with Gasteiger partial charge in [0.25, 0.3) is 0 Å². The van der Waals surface area contributed by atoms with Crippen LogP contribution in [0.5, 0.6) is 0 Å². The number of fused-ring (bicyclic) bond motifs is 1. The van der Waals surface area contributed by atoms with Crippen molar-refractivity contribution in [3.63, 3.8) is 0 Å². The van der Waals surface area contributed by atoms with Crippen molar-refractivity contribution in [2.75, 3.05) is 16.4 Å². The summed E-state index contributed by atoms with van der Waals surface area (Å²) >= 11 is 1.39. The van der Waals surface area contributed by atoms with Crippen molar-refractivity contribution in [3.05, 3.63) is 71.0 Å². The summed E-state index contributed by atoms with van der Waals surface area (Å²) in [6.45, 7) is 7.00. The maximum absolute atomic E-state index is 14.0. The third-order valence-electron chi connectivity index (χ3n) is 6.38. The highest BCUT2D eigenvalue weighted by atomic mass is 32.1. The third-order valence-corrected chi connectivity index (χ3v) is 7.39. The molecule has 0 bridgehead atoms. The number of alkyl halides is 3. The molecule has 1 atom stereocenters. The minimum atomic E-state index is -4.70. The lowest BCUT2D eigenvalue weighted by Gasteiger charge is -2.20. The van der Waals surface area contributed by atoms with Crippen LogP contribution >= 0.6 is 11.3 Å². The number of hydrogen-bond acceptors (Lipinski definition) is 7. The molecule has 13 heteroatoms. The Morgan fingerprint density at radius 1 is 1.11 bits per heavy atom. The molecule has 1 unspecified atom stereocenters. The van der Waals surface area contributed by atoms with E-state index in [1.54, 1.807) is 45.0 Å². The van der Waals surface area contributed by atoms with Gasteiger partial charge in [0.15, 0.2) is 0 Å². The maximum atomic E-state index is 14.0. The van der Waals surface area contributed by atoms with Crippen LogP contribution in [0, 0.1) is 29.0 Å². The molecule has 2 aromatic heterocycles. The Balaban J connectivity index is 1.53. The van der Waals surface area contributed by atoms with Crippen LogP contribution in [0.15, 0.2) is 54.0 Å². The molecule has 2 heterocycles. The van der Waals surface area contributed by atoms with E-state index in [1.165, 1.54) is 17.5 Å². The molecule has 4 rings (SSSR count). The minimum absolute atomic E-state index is 0.228. The van der Waals surface area contributed by atoms with Gasteiger partial charge in [0.05, 0.1) is 27.4 Å². The standard InChI is InChI=1S/C32H29F4N5O3S/c1-5-17(26(37)29(42)44-31(2,3)4)6-7-19-15-39-28(38)25-22(16-45-27(19)25)18-8-11-21(12-9-18)40-30(43)41-24-14-20(32(34,35)36)10-13-23(24)33/h8-17,37H,5H2,1-4H3,(H2,38,39)(H2,40,41,43). The zero-order valence-electron chi connectivity index (χ0n) is 24.7. The van der Waals surface area contributed by atoms with E-state index in [-0.39, 0.29) is 11.5 Å². The Labute approximate surface area is 260 Å². The van der Waals surface area contributed by atoms with E-state index < -0.39 is 46.8 Å². The van der Waals surface area contributed by atoms with Gasteiger partial charge >= 0.3 is 18.2 Å². The molecule has 0 saturated carbocycles. The van der Waals surface area contributed by atoms with Crippen molar-refractivity contribution in [1.82, 2.24) is 4.98 Å². The normalized spacial score (nSPS) is 12.2. The number of ether oxygens (including phenoxy) is 1. The van der Waals surface area contributed by atoms with E-state index in [9.17, 15) is 27.2 Å². The van der Waals surface area contributed by atoms with Gasteiger partial charge in [0.2, 0.25) is 0 Å². The second-order valence-electron chi connectivity index (χ2n) is 10.9. The number of amides is 2. The van der Waals surface area contributed by atoms with Gasteiger partial charge < -0.3 is 21.1 Å². The summed E-state index contributed by atoms with van der Waals surface area (Å²) in [5.74, 6) is 3.93. The third kappa shape index (κ3) is 7.96. The summed E-state index contributed by atoms with van der Waals surface area (Å²) in [6.07, 6.45) is -2.73. The SMILES string of the molecule is CCC(C#Cc1cnc(N)c2c(-c3ccc(NC(=O)Nc4cc(C(F)(F)F)ccc4F)cc3)csc12)C(=N)C(=O)OC(C)(C)C. The second-order valence-corrected chi connectivity index (χ2v) is 11.8. The summed E-state index contributed by atoms with van der Waals surface area (Å²) in [6, 6.07) is 7.36. The summed E-state index contributed by atoms with van der Waals surface area (Å²) < 4.78 is 59.0. The number of aromatic nitrogens is 1. The molecule has 2 amide bonds. The van der Waals surface area contributed by atoms with E-state index in [0.717, 1.165) is 15.8 Å². The molecule has 234 valence electrons. The van der Waals surface area contributed by atoms with Gasteiger partial charge in [-0.15, -0.1) is 11.3 Å². The number of nitrogen functional groups attached to an aromatic ring is 1. The zero-order valence-corrected chi connectivity index (χ0v) is 25.5. The largest absolute Gasteiger partial charge is 0.455 e. The number of rotatable bonds is 6. The molecule has 4 aromatic rings. The number of carbonyl (C=O) groups is 2. The lowest BCUT2D eigenvalue weighted by molar-refractivity contribution is -0.146. The first-order valence-corrected chi connectivity index (χ1v) is 14.5. The average Bonchev–Trinajstić information content (AvgIpc) is 3.41. The fourth-order valence-corrected chi connectivity index (χ4v) is 5.26. The summed E-state index contributed by atoms with van der Waals surface area (Å²) in [7, 11) is 0. The van der Waals surface area contributed by atoms with Crippen LogP contribution in [0.3, 0.4) is 0 Å². The number of nitrogens with zero attached hydrogens (tertiary/aromatic N) is 1. The molecule has 5 N–H and O–H groups in total. The van der Waals surface area contributed by atoms with Crippen molar-refractivity contribution < 1.29 is 31.9 Å². The van der Waals surface area contributed by atoms with Gasteiger partial charge in [0, 0.05) is 22.8 Å². The molecular weight excluding hydrogens is 610 g/mol. The monoisotopic (exact) mass is 639 g/mol. The molecular formula is C32H29F4N5O3S. The van der Waals surface area contributed by atoms with Gasteiger partial charge in [0.1, 0.15) is 22.9 Å². The lowest BCUT2D eigenvalue weighted by atomic mass is 9.99. The summed E-state index contributed by atoms with van der Waals surface area (Å²) in [5.41, 5.74) is 5.92. The molecule has 45 heavy (non-hydrogen) atoms. The smallest absolute Gasteiger partial charge is 0.416 e. The van der Waals surface area contributed by atoms with Crippen molar-refractivity contribution in [2.24, 2.45) is 5.92 Å². The molecule has 8 nitrogen and oxygen atoms in total. The van der Waals surface area contributed by atoms with E-state index in [2.05, 4.69) is 27.5 Å². The Morgan fingerprint density at radius 2 is 1.80 bits per heavy atom. The molecule has 0 spiro atoms. The first-order chi connectivity index (χ1) is 21.1. The highest BCUT2D eigenvalue weighted by molar-refractivity contribution is 7.18. The quantitative estimate of drug-likeness (QED) is 0.0733. The van der Waals surface area contributed by atoms with Crippen LogP contribution in [-0.2, 0) is 15.7 Å². The first kappa shape index (κ1) is 32.9. The number of nitrogens with one attached hydrogen (secondary N) is 3. The van der Waals surface area contributed by atoms with Crippen molar-refractivity contribution in [3.8, 4) is 23.0 Å². The Kier molecular flexibility index (Phi) is 9.48. The van der Waals surface area contributed by atoms with Crippen molar-refractivity contribution in [1.29, 1.82) is 5.41 Å². The van der Waals surface area contributed by atoms with Crippen LogP contribution in [0.4, 0.5) is 39.5 Å². The number of hydrogen-bond donors (Lipinski definition) is 4. The number of carbonyl (C=O) groups excluding carboxylic acids is 2. The van der Waals surface area contributed by atoms with E-state index in [1.807, 2.05) is 12.3 Å². The maximum Gasteiger partial charge on any atom is 0.416 e. The van der Waals surface area contributed by atoms with E-state index in [0.29, 0.717) is 41.3 Å². The van der Waals surface area contributed by atoms with Gasteiger partial charge in [-0.05, 0) is 68.5 Å². The highest BCUT2D eigenvalue weighted by Crippen LogP contribution is 2.39. The van der Waals surface area contributed by atoms with E-state index in [4.69, 9.17) is 15.9 Å². The minimum Gasteiger partial charge on any atom is -0.455 e. The number of halogens is 4. The second kappa shape index (κ2) is 13.0. The van der Waals surface area contributed by atoms with Crippen molar-refractivity contribution >= 4 is 56.3 Å². The van der Waals surface area contributed by atoms with Gasteiger partial charge in [-0.2, -0.15) is 13.2 Å². The van der Waals surface area contributed by atoms with Crippen LogP contribution in [0.1, 0.15) is 45.2 Å². The van der Waals surface area contributed by atoms with Gasteiger partial charge in [-0.1, -0.05) is 30.9 Å². The molecule has 2 aromatic carbocycles. The first-order valence-electron chi connectivity index (χ1n) is 13.6. The van der Waals surface area contributed by atoms with Crippen LogP contribution in [0.2, 0.25) is 0 Å². The zero-order chi connectivity index (χ0) is 33.1. The van der Waals surface area contributed by atoms with Crippen LogP contribution in [-0.4, -0.2) is 28.3 Å². The fraction of sp³-hybridized carbons (Fsp3) is 0.250. The molecule has 0 aliphatic rings. The van der Waals surface area contributed by atoms with E-state index >= 15 is 0 Å². The number of anilines is 3. The highest BCUT2D eigenvalue weighted by Gasteiger charge is 2.31. The molecule has 0 aliphatic carbocycles. The topological polar surface area (TPSA) is 130 Å². The Bertz CT molecular complexity index is 1830. The number of esters is 1.